The quantitative estimate of drug-likeness (QED) is 0.869. The van der Waals surface area contributed by atoms with Crippen molar-refractivity contribution < 1.29 is 13.6 Å². The van der Waals surface area contributed by atoms with E-state index in [-0.39, 0.29) is 17.4 Å². The summed E-state index contributed by atoms with van der Waals surface area (Å²) in [5.74, 6) is -2.40. The van der Waals surface area contributed by atoms with Crippen molar-refractivity contribution in [2.45, 2.75) is 38.5 Å². The van der Waals surface area contributed by atoms with E-state index in [1.54, 1.807) is 0 Å². The highest BCUT2D eigenvalue weighted by atomic mass is 19.1. The van der Waals surface area contributed by atoms with Crippen molar-refractivity contribution in [3.63, 3.8) is 0 Å². The summed E-state index contributed by atoms with van der Waals surface area (Å²) in [6, 6.07) is 2.64. The van der Waals surface area contributed by atoms with Crippen LogP contribution in [0.2, 0.25) is 0 Å². The average Bonchev–Trinajstić information content (AvgIpc) is 2.30. The van der Waals surface area contributed by atoms with Gasteiger partial charge in [-0.2, -0.15) is 0 Å². The maximum absolute atomic E-state index is 14.1. The molecule has 1 heterocycles. The van der Waals surface area contributed by atoms with Crippen LogP contribution >= 0.6 is 0 Å². The van der Waals surface area contributed by atoms with Gasteiger partial charge in [0.2, 0.25) is 5.91 Å². The number of hydrogen-bond acceptors (Lipinski definition) is 1. The SMILES string of the molecule is C=C1CCC(c2c(F)cc(C(C)C)cc2F)C(=O)N1. The Morgan fingerprint density at radius 3 is 2.37 bits per heavy atom. The third-order valence-electron chi connectivity index (χ3n) is 3.47. The molecular weight excluding hydrogens is 248 g/mol. The van der Waals surface area contributed by atoms with E-state index in [1.807, 2.05) is 13.8 Å². The minimum Gasteiger partial charge on any atom is -0.330 e. The number of benzene rings is 1. The molecule has 0 saturated carbocycles. The Morgan fingerprint density at radius 2 is 1.89 bits per heavy atom. The van der Waals surface area contributed by atoms with Crippen LogP contribution in [-0.4, -0.2) is 5.91 Å². The molecule has 4 heteroatoms. The number of allylic oxidation sites excluding steroid dienone is 1. The summed E-state index contributed by atoms with van der Waals surface area (Å²) in [5.41, 5.74) is 1.06. The molecule has 1 aliphatic rings. The van der Waals surface area contributed by atoms with Crippen molar-refractivity contribution in [1.82, 2.24) is 5.32 Å². The Bertz CT molecular complexity index is 514. The lowest BCUT2D eigenvalue weighted by molar-refractivity contribution is -0.123. The minimum absolute atomic E-state index is 0.0398. The van der Waals surface area contributed by atoms with Gasteiger partial charge in [-0.25, -0.2) is 8.78 Å². The lowest BCUT2D eigenvalue weighted by Gasteiger charge is -2.24. The number of carbonyl (C=O) groups excluding carboxylic acids is 1. The fraction of sp³-hybridized carbons (Fsp3) is 0.400. The minimum atomic E-state index is -0.772. The maximum atomic E-state index is 14.1. The lowest BCUT2D eigenvalue weighted by Crippen LogP contribution is -2.34. The molecule has 0 spiro atoms. The van der Waals surface area contributed by atoms with Crippen molar-refractivity contribution in [2.75, 3.05) is 0 Å². The largest absolute Gasteiger partial charge is 0.330 e. The van der Waals surface area contributed by atoms with Crippen LogP contribution in [-0.2, 0) is 4.79 Å². The monoisotopic (exact) mass is 265 g/mol. The van der Waals surface area contributed by atoms with Gasteiger partial charge >= 0.3 is 0 Å². The molecule has 1 atom stereocenters. The predicted octanol–water partition coefficient (Wildman–Crippen LogP) is 3.60. The molecule has 102 valence electrons. The van der Waals surface area contributed by atoms with Gasteiger partial charge in [-0.1, -0.05) is 20.4 Å². The fourth-order valence-electron chi connectivity index (χ4n) is 2.32. The molecule has 1 aromatic rings. The van der Waals surface area contributed by atoms with Gasteiger partial charge in [0.15, 0.2) is 0 Å². The molecule has 0 bridgehead atoms. The molecule has 0 aromatic heterocycles. The zero-order valence-corrected chi connectivity index (χ0v) is 11.1. The van der Waals surface area contributed by atoms with Crippen LogP contribution in [0.25, 0.3) is 0 Å². The standard InChI is InChI=1S/C15H17F2NO/c1-8(2)10-6-12(16)14(13(17)7-10)11-5-4-9(3)18-15(11)19/h6-8,11H,3-5H2,1-2H3,(H,18,19). The van der Waals surface area contributed by atoms with Crippen molar-refractivity contribution in [3.05, 3.63) is 47.2 Å². The lowest BCUT2D eigenvalue weighted by atomic mass is 9.87. The molecule has 1 N–H and O–H groups in total. The number of piperidine rings is 1. The van der Waals surface area contributed by atoms with Gasteiger partial charge in [0, 0.05) is 11.3 Å². The number of halogens is 2. The van der Waals surface area contributed by atoms with Gasteiger partial charge in [-0.3, -0.25) is 4.79 Å². The van der Waals surface area contributed by atoms with E-state index in [0.29, 0.717) is 24.1 Å². The van der Waals surface area contributed by atoms with E-state index >= 15 is 0 Å². The topological polar surface area (TPSA) is 29.1 Å². The molecule has 19 heavy (non-hydrogen) atoms. The number of hydrogen-bond donors (Lipinski definition) is 1. The average molecular weight is 265 g/mol. The fourth-order valence-corrected chi connectivity index (χ4v) is 2.32. The first-order valence-electron chi connectivity index (χ1n) is 6.37. The van der Waals surface area contributed by atoms with Crippen LogP contribution in [0.1, 0.15) is 49.7 Å². The molecule has 0 radical (unpaired) electrons. The summed E-state index contributed by atoms with van der Waals surface area (Å²) in [6.07, 6.45) is 0.931. The molecule has 1 saturated heterocycles. The summed E-state index contributed by atoms with van der Waals surface area (Å²) in [4.78, 5) is 11.8. The number of nitrogens with one attached hydrogen (secondary N) is 1. The highest BCUT2D eigenvalue weighted by molar-refractivity contribution is 5.86. The number of amides is 1. The van der Waals surface area contributed by atoms with E-state index in [2.05, 4.69) is 11.9 Å². The van der Waals surface area contributed by atoms with Crippen LogP contribution in [0.3, 0.4) is 0 Å². The van der Waals surface area contributed by atoms with Crippen LogP contribution in [0.5, 0.6) is 0 Å². The Morgan fingerprint density at radius 1 is 1.32 bits per heavy atom. The van der Waals surface area contributed by atoms with Crippen molar-refractivity contribution >= 4 is 5.91 Å². The molecule has 1 amide bonds. The third-order valence-corrected chi connectivity index (χ3v) is 3.47. The Hall–Kier alpha value is -1.71. The molecule has 2 nitrogen and oxygen atoms in total. The smallest absolute Gasteiger partial charge is 0.231 e. The van der Waals surface area contributed by atoms with Crippen molar-refractivity contribution in [2.24, 2.45) is 0 Å². The van der Waals surface area contributed by atoms with Gasteiger partial charge in [0.05, 0.1) is 5.92 Å². The van der Waals surface area contributed by atoms with E-state index in [9.17, 15) is 13.6 Å². The first-order chi connectivity index (χ1) is 8.90. The summed E-state index contributed by atoms with van der Waals surface area (Å²) < 4.78 is 28.2. The maximum Gasteiger partial charge on any atom is 0.231 e. The summed E-state index contributed by atoms with van der Waals surface area (Å²) >= 11 is 0. The predicted molar refractivity (Wildman–Crippen MR) is 69.7 cm³/mol. The van der Waals surface area contributed by atoms with Crippen molar-refractivity contribution in [3.8, 4) is 0 Å². The Balaban J connectivity index is 2.40. The molecule has 0 aliphatic carbocycles. The van der Waals surface area contributed by atoms with Gasteiger partial charge in [-0.05, 0) is 36.5 Å². The Labute approximate surface area is 111 Å². The first kappa shape index (κ1) is 13.7. The van der Waals surface area contributed by atoms with Crippen LogP contribution < -0.4 is 5.32 Å². The summed E-state index contributed by atoms with van der Waals surface area (Å²) in [7, 11) is 0. The second-order valence-corrected chi connectivity index (χ2v) is 5.24. The van der Waals surface area contributed by atoms with Gasteiger partial charge in [-0.15, -0.1) is 0 Å². The molecular formula is C15H17F2NO. The van der Waals surface area contributed by atoms with Gasteiger partial charge in [0.1, 0.15) is 11.6 Å². The Kier molecular flexibility index (Phi) is 3.69. The van der Waals surface area contributed by atoms with Crippen LogP contribution in [0.15, 0.2) is 24.4 Å². The molecule has 1 unspecified atom stereocenters. The highest BCUT2D eigenvalue weighted by Gasteiger charge is 2.30. The van der Waals surface area contributed by atoms with E-state index in [4.69, 9.17) is 0 Å². The second kappa shape index (κ2) is 5.11. The zero-order valence-electron chi connectivity index (χ0n) is 11.1. The summed E-state index contributed by atoms with van der Waals surface area (Å²) in [5, 5.41) is 2.55. The molecule has 1 aliphatic heterocycles. The van der Waals surface area contributed by atoms with E-state index in [1.165, 1.54) is 12.1 Å². The first-order valence-corrected chi connectivity index (χ1v) is 6.37. The number of rotatable bonds is 2. The number of carbonyl (C=O) groups is 1. The van der Waals surface area contributed by atoms with E-state index in [0.717, 1.165) is 0 Å². The van der Waals surface area contributed by atoms with E-state index < -0.39 is 17.6 Å². The summed E-state index contributed by atoms with van der Waals surface area (Å²) in [6.45, 7) is 7.39. The van der Waals surface area contributed by atoms with Crippen LogP contribution in [0, 0.1) is 11.6 Å². The van der Waals surface area contributed by atoms with Crippen LogP contribution in [0.4, 0.5) is 8.78 Å². The molecule has 2 rings (SSSR count). The normalized spacial score (nSPS) is 19.7. The van der Waals surface area contributed by atoms with Crippen molar-refractivity contribution in [1.29, 1.82) is 0 Å². The zero-order chi connectivity index (χ0) is 14.2. The second-order valence-electron chi connectivity index (χ2n) is 5.24. The van der Waals surface area contributed by atoms with Gasteiger partial charge < -0.3 is 5.32 Å². The molecule has 1 fully saturated rings. The third kappa shape index (κ3) is 2.67. The van der Waals surface area contributed by atoms with Gasteiger partial charge in [0.25, 0.3) is 0 Å². The highest BCUT2D eigenvalue weighted by Crippen LogP contribution is 2.32. The molecule has 1 aromatic carbocycles.